The van der Waals surface area contributed by atoms with E-state index in [-0.39, 0.29) is 55.3 Å². The monoisotopic (exact) mass is 444 g/mol. The Kier molecular flexibility index (Phi) is 9.91. The van der Waals surface area contributed by atoms with Crippen LogP contribution in [0.4, 0.5) is 0 Å². The van der Waals surface area contributed by atoms with Gasteiger partial charge in [0.25, 0.3) is 0 Å². The molecule has 1 aliphatic heterocycles. The third-order valence-electron chi connectivity index (χ3n) is 5.59. The Balaban J connectivity index is 2.06. The lowest BCUT2D eigenvalue weighted by Gasteiger charge is -2.32. The molecule has 1 aromatic carbocycles. The van der Waals surface area contributed by atoms with Crippen LogP contribution in [0.15, 0.2) is 42.5 Å². The molecule has 176 valence electrons. The Bertz CT molecular complexity index is 785. The summed E-state index contributed by atoms with van der Waals surface area (Å²) in [5.41, 5.74) is 0.696. The molecule has 3 atom stereocenters. The van der Waals surface area contributed by atoms with Gasteiger partial charge in [-0.1, -0.05) is 63.3 Å². The fourth-order valence-corrected chi connectivity index (χ4v) is 3.48. The molecule has 0 spiro atoms. The molecule has 2 rings (SSSR count). The maximum absolute atomic E-state index is 13.0. The maximum atomic E-state index is 13.0. The van der Waals surface area contributed by atoms with Crippen LogP contribution in [0.1, 0.15) is 52.0 Å². The average molecular weight is 445 g/mol. The lowest BCUT2D eigenvalue weighted by atomic mass is 9.86. The van der Waals surface area contributed by atoms with Crippen molar-refractivity contribution in [3.05, 3.63) is 48.0 Å². The second-order valence-corrected chi connectivity index (χ2v) is 9.39. The van der Waals surface area contributed by atoms with Crippen LogP contribution in [0.3, 0.4) is 0 Å². The lowest BCUT2D eigenvalue weighted by molar-refractivity contribution is -0.146. The molecule has 7 nitrogen and oxygen atoms in total. The van der Waals surface area contributed by atoms with Crippen molar-refractivity contribution in [2.45, 2.75) is 65.0 Å². The van der Waals surface area contributed by atoms with Crippen molar-refractivity contribution in [1.29, 1.82) is 0 Å². The number of amides is 2. The first-order chi connectivity index (χ1) is 15.2. The van der Waals surface area contributed by atoms with E-state index in [2.05, 4.69) is 10.6 Å². The van der Waals surface area contributed by atoms with E-state index in [0.717, 1.165) is 5.56 Å². The number of carbonyl (C=O) groups excluding carboxylic acids is 3. The smallest absolute Gasteiger partial charge is 0.306 e. The number of aliphatic hydroxyl groups excluding tert-OH is 1. The minimum absolute atomic E-state index is 0.0120. The number of cyclic esters (lactones) is 1. The normalized spacial score (nSPS) is 21.5. The van der Waals surface area contributed by atoms with Crippen molar-refractivity contribution in [2.24, 2.45) is 11.3 Å². The van der Waals surface area contributed by atoms with Gasteiger partial charge in [0, 0.05) is 12.8 Å². The molecule has 32 heavy (non-hydrogen) atoms. The third-order valence-corrected chi connectivity index (χ3v) is 5.59. The number of benzene rings is 1. The summed E-state index contributed by atoms with van der Waals surface area (Å²) in [6.45, 7) is 5.81. The first kappa shape index (κ1) is 25.6. The predicted octanol–water partition coefficient (Wildman–Crippen LogP) is 2.53. The minimum atomic E-state index is -0.553. The molecule has 2 amide bonds. The second-order valence-electron chi connectivity index (χ2n) is 9.39. The quantitative estimate of drug-likeness (QED) is 0.462. The summed E-state index contributed by atoms with van der Waals surface area (Å²) < 4.78 is 5.35. The molecule has 0 fully saturated rings. The van der Waals surface area contributed by atoms with Crippen molar-refractivity contribution in [3.63, 3.8) is 0 Å². The van der Waals surface area contributed by atoms with Crippen LogP contribution in [-0.2, 0) is 25.5 Å². The topological polar surface area (TPSA) is 105 Å². The number of esters is 1. The van der Waals surface area contributed by atoms with Gasteiger partial charge in [0.15, 0.2) is 0 Å². The van der Waals surface area contributed by atoms with Crippen LogP contribution >= 0.6 is 0 Å². The van der Waals surface area contributed by atoms with Gasteiger partial charge >= 0.3 is 5.97 Å². The molecule has 0 aromatic heterocycles. The van der Waals surface area contributed by atoms with E-state index in [1.165, 1.54) is 0 Å². The molecule has 1 aliphatic rings. The largest absolute Gasteiger partial charge is 0.463 e. The van der Waals surface area contributed by atoms with Gasteiger partial charge in [-0.2, -0.15) is 0 Å². The van der Waals surface area contributed by atoms with Gasteiger partial charge in [-0.25, -0.2) is 0 Å². The highest BCUT2D eigenvalue weighted by Crippen LogP contribution is 2.22. The van der Waals surface area contributed by atoms with Gasteiger partial charge in [0.1, 0.15) is 6.61 Å². The summed E-state index contributed by atoms with van der Waals surface area (Å²) in [5.74, 6) is -1.37. The van der Waals surface area contributed by atoms with Crippen LogP contribution in [0.5, 0.6) is 0 Å². The number of aliphatic hydroxyl groups is 1. The third kappa shape index (κ3) is 8.83. The zero-order chi connectivity index (χ0) is 23.6. The Morgan fingerprint density at radius 3 is 2.59 bits per heavy atom. The zero-order valence-corrected chi connectivity index (χ0v) is 19.3. The van der Waals surface area contributed by atoms with E-state index in [4.69, 9.17) is 4.74 Å². The van der Waals surface area contributed by atoms with Gasteiger partial charge in [-0.15, -0.1) is 0 Å². The van der Waals surface area contributed by atoms with Crippen molar-refractivity contribution >= 4 is 17.8 Å². The summed E-state index contributed by atoms with van der Waals surface area (Å²) in [4.78, 5) is 37.6. The highest BCUT2D eigenvalue weighted by molar-refractivity contribution is 5.86. The van der Waals surface area contributed by atoms with Gasteiger partial charge in [0.05, 0.1) is 24.6 Å². The minimum Gasteiger partial charge on any atom is -0.463 e. The highest BCUT2D eigenvalue weighted by atomic mass is 16.5. The van der Waals surface area contributed by atoms with Crippen LogP contribution in [0.2, 0.25) is 0 Å². The summed E-state index contributed by atoms with van der Waals surface area (Å²) in [6, 6.07) is 8.84. The first-order valence-corrected chi connectivity index (χ1v) is 11.2. The summed E-state index contributed by atoms with van der Waals surface area (Å²) in [6.07, 6.45) is 5.41. The van der Waals surface area contributed by atoms with Crippen LogP contribution < -0.4 is 10.6 Å². The van der Waals surface area contributed by atoms with E-state index in [0.29, 0.717) is 19.3 Å². The first-order valence-electron chi connectivity index (χ1n) is 11.2. The van der Waals surface area contributed by atoms with E-state index in [9.17, 15) is 19.5 Å². The Morgan fingerprint density at radius 2 is 1.94 bits per heavy atom. The van der Waals surface area contributed by atoms with E-state index in [1.54, 1.807) is 0 Å². The fraction of sp³-hybridized carbons (Fsp3) is 0.560. The van der Waals surface area contributed by atoms with Crippen molar-refractivity contribution in [2.75, 3.05) is 13.2 Å². The van der Waals surface area contributed by atoms with Crippen molar-refractivity contribution in [1.82, 2.24) is 10.6 Å². The standard InChI is InChI=1S/C25H36N2O5/c1-25(2,3)21-17-32-23(30)13-9-5-8-12-19(24(31)27-21)15-22(29)26-20(16-28)14-18-10-6-4-7-11-18/h4-8,10-11,19-21,28H,9,12-17H2,1-3H3,(H,26,29)(H,27,31)/t19-,20-,21-/m1/s1. The SMILES string of the molecule is CC(C)(C)[C@H]1COC(=O)CCC=CC[C@H](CC(=O)N[C@@H](CO)Cc2ccccc2)C(=O)N1. The summed E-state index contributed by atoms with van der Waals surface area (Å²) in [7, 11) is 0. The Morgan fingerprint density at radius 1 is 1.22 bits per heavy atom. The van der Waals surface area contributed by atoms with Gasteiger partial charge in [0.2, 0.25) is 11.8 Å². The number of nitrogens with one attached hydrogen (secondary N) is 2. The predicted molar refractivity (Wildman–Crippen MR) is 123 cm³/mol. The molecule has 0 unspecified atom stereocenters. The van der Waals surface area contributed by atoms with Crippen molar-refractivity contribution in [3.8, 4) is 0 Å². The van der Waals surface area contributed by atoms with E-state index >= 15 is 0 Å². The average Bonchev–Trinajstić information content (AvgIpc) is 2.74. The molecule has 1 heterocycles. The van der Waals surface area contributed by atoms with Crippen LogP contribution in [-0.4, -0.2) is 48.2 Å². The molecule has 0 bridgehead atoms. The number of hydrogen-bond acceptors (Lipinski definition) is 5. The molecule has 0 aliphatic carbocycles. The second kappa shape index (κ2) is 12.4. The molecule has 0 saturated heterocycles. The van der Waals surface area contributed by atoms with Crippen molar-refractivity contribution < 1.29 is 24.2 Å². The number of carbonyl (C=O) groups is 3. The Labute approximate surface area is 190 Å². The van der Waals surface area contributed by atoms with Crippen LogP contribution in [0, 0.1) is 11.3 Å². The number of rotatable bonds is 6. The lowest BCUT2D eigenvalue weighted by Crippen LogP contribution is -2.50. The molecule has 0 radical (unpaired) electrons. The molecule has 7 heteroatoms. The molecule has 0 saturated carbocycles. The van der Waals surface area contributed by atoms with E-state index in [1.807, 2.05) is 63.3 Å². The Hall–Kier alpha value is -2.67. The van der Waals surface area contributed by atoms with Crippen LogP contribution in [0.25, 0.3) is 0 Å². The molecule has 3 N–H and O–H groups in total. The zero-order valence-electron chi connectivity index (χ0n) is 19.3. The highest BCUT2D eigenvalue weighted by Gasteiger charge is 2.31. The van der Waals surface area contributed by atoms with Gasteiger partial charge < -0.3 is 20.5 Å². The number of ether oxygens (including phenoxy) is 1. The fourth-order valence-electron chi connectivity index (χ4n) is 3.48. The maximum Gasteiger partial charge on any atom is 0.306 e. The molecule has 1 aromatic rings. The summed E-state index contributed by atoms with van der Waals surface area (Å²) >= 11 is 0. The number of allylic oxidation sites excluding steroid dienone is 2. The van der Waals surface area contributed by atoms with Gasteiger partial charge in [-0.05, 0) is 30.2 Å². The number of hydrogen-bond donors (Lipinski definition) is 3. The summed E-state index contributed by atoms with van der Waals surface area (Å²) in [5, 5.41) is 15.5. The van der Waals surface area contributed by atoms with Gasteiger partial charge in [-0.3, -0.25) is 14.4 Å². The van der Waals surface area contributed by atoms with E-state index < -0.39 is 12.0 Å². The molecular formula is C25H36N2O5. The molecular weight excluding hydrogens is 408 g/mol.